The zero-order chi connectivity index (χ0) is 11.3. The number of hydrogen-bond acceptors (Lipinski definition) is 1. The molecule has 0 aliphatic carbocycles. The molecule has 1 N–H and O–H groups in total. The van der Waals surface area contributed by atoms with Crippen molar-refractivity contribution >= 4 is 21.8 Å². The van der Waals surface area contributed by atoms with E-state index in [2.05, 4.69) is 21.2 Å². The van der Waals surface area contributed by atoms with E-state index in [4.69, 9.17) is 0 Å². The lowest BCUT2D eigenvalue weighted by atomic mass is 10.1. The van der Waals surface area contributed by atoms with Gasteiger partial charge in [-0.05, 0) is 31.0 Å². The molecule has 0 fully saturated rings. The van der Waals surface area contributed by atoms with Gasteiger partial charge in [0.05, 0.1) is 4.83 Å². The molecule has 0 spiro atoms. The maximum atomic E-state index is 12.8. The molecule has 0 aliphatic rings. The fourth-order valence-corrected chi connectivity index (χ4v) is 1.33. The Bertz CT molecular complexity index is 341. The Balaban J connectivity index is 2.35. The van der Waals surface area contributed by atoms with Crippen LogP contribution in [0.25, 0.3) is 0 Å². The van der Waals surface area contributed by atoms with Crippen molar-refractivity contribution in [3.8, 4) is 0 Å². The van der Waals surface area contributed by atoms with Crippen molar-refractivity contribution in [2.75, 3.05) is 6.54 Å². The van der Waals surface area contributed by atoms with Crippen LogP contribution < -0.4 is 5.32 Å². The molecule has 15 heavy (non-hydrogen) atoms. The summed E-state index contributed by atoms with van der Waals surface area (Å²) < 4.78 is 12.8. The first-order valence-corrected chi connectivity index (χ1v) is 5.67. The van der Waals surface area contributed by atoms with Gasteiger partial charge in [-0.3, -0.25) is 4.79 Å². The Morgan fingerprint density at radius 1 is 1.60 bits per heavy atom. The summed E-state index contributed by atoms with van der Waals surface area (Å²) in [7, 11) is 0. The van der Waals surface area contributed by atoms with Crippen LogP contribution in [0, 0.1) is 5.82 Å². The minimum atomic E-state index is -0.243. The summed E-state index contributed by atoms with van der Waals surface area (Å²) in [6.45, 7) is 2.29. The van der Waals surface area contributed by atoms with Crippen LogP contribution >= 0.6 is 15.9 Å². The van der Waals surface area contributed by atoms with Crippen LogP contribution in [-0.2, 0) is 11.2 Å². The first-order chi connectivity index (χ1) is 7.09. The molecular formula is C11H13BrFNO. The molecule has 0 radical (unpaired) electrons. The Morgan fingerprint density at radius 3 is 2.93 bits per heavy atom. The van der Waals surface area contributed by atoms with Crippen molar-refractivity contribution in [3.05, 3.63) is 35.6 Å². The molecule has 82 valence electrons. The van der Waals surface area contributed by atoms with Gasteiger partial charge in [-0.25, -0.2) is 4.39 Å². The van der Waals surface area contributed by atoms with E-state index in [-0.39, 0.29) is 16.6 Å². The van der Waals surface area contributed by atoms with E-state index < -0.39 is 0 Å². The van der Waals surface area contributed by atoms with Gasteiger partial charge < -0.3 is 5.32 Å². The first-order valence-electron chi connectivity index (χ1n) is 4.76. The molecule has 4 heteroatoms. The average molecular weight is 274 g/mol. The van der Waals surface area contributed by atoms with Gasteiger partial charge >= 0.3 is 0 Å². The van der Waals surface area contributed by atoms with E-state index in [1.54, 1.807) is 13.0 Å². The van der Waals surface area contributed by atoms with Gasteiger partial charge in [-0.1, -0.05) is 28.1 Å². The zero-order valence-corrected chi connectivity index (χ0v) is 10.1. The van der Waals surface area contributed by atoms with E-state index >= 15 is 0 Å². The van der Waals surface area contributed by atoms with Crippen molar-refractivity contribution in [2.24, 2.45) is 0 Å². The molecule has 1 atom stereocenters. The SMILES string of the molecule is CC(Br)C(=O)NCCc1cccc(F)c1. The molecule has 1 amide bonds. The van der Waals surface area contributed by atoms with Crippen molar-refractivity contribution in [2.45, 2.75) is 18.2 Å². The predicted molar refractivity (Wildman–Crippen MR) is 61.5 cm³/mol. The lowest BCUT2D eigenvalue weighted by Crippen LogP contribution is -2.31. The maximum absolute atomic E-state index is 12.8. The van der Waals surface area contributed by atoms with E-state index in [1.165, 1.54) is 12.1 Å². The molecule has 0 bridgehead atoms. The highest BCUT2D eigenvalue weighted by molar-refractivity contribution is 9.10. The third kappa shape index (κ3) is 4.42. The fraction of sp³-hybridized carbons (Fsp3) is 0.364. The largest absolute Gasteiger partial charge is 0.355 e. The lowest BCUT2D eigenvalue weighted by Gasteiger charge is -2.06. The van der Waals surface area contributed by atoms with Crippen LogP contribution in [0.2, 0.25) is 0 Å². The van der Waals surface area contributed by atoms with Crippen molar-refractivity contribution in [3.63, 3.8) is 0 Å². The monoisotopic (exact) mass is 273 g/mol. The van der Waals surface area contributed by atoms with Gasteiger partial charge in [-0.15, -0.1) is 0 Å². The maximum Gasteiger partial charge on any atom is 0.233 e. The number of carbonyl (C=O) groups excluding carboxylic acids is 1. The van der Waals surface area contributed by atoms with Gasteiger partial charge in [0, 0.05) is 6.54 Å². The topological polar surface area (TPSA) is 29.1 Å². The minimum Gasteiger partial charge on any atom is -0.355 e. The molecule has 0 saturated carbocycles. The Morgan fingerprint density at radius 2 is 2.33 bits per heavy atom. The summed E-state index contributed by atoms with van der Waals surface area (Å²) >= 11 is 3.17. The van der Waals surface area contributed by atoms with Crippen LogP contribution in [0.5, 0.6) is 0 Å². The summed E-state index contributed by atoms with van der Waals surface area (Å²) in [6, 6.07) is 6.39. The molecular weight excluding hydrogens is 261 g/mol. The number of carbonyl (C=O) groups is 1. The van der Waals surface area contributed by atoms with Crippen molar-refractivity contribution < 1.29 is 9.18 Å². The lowest BCUT2D eigenvalue weighted by molar-refractivity contribution is -0.120. The highest BCUT2D eigenvalue weighted by Gasteiger charge is 2.06. The normalized spacial score (nSPS) is 12.2. The summed E-state index contributed by atoms with van der Waals surface area (Å²) in [5.74, 6) is -0.293. The highest BCUT2D eigenvalue weighted by Crippen LogP contribution is 2.03. The Labute approximate surface area is 97.0 Å². The molecule has 0 aromatic heterocycles. The number of amides is 1. The number of alkyl halides is 1. The zero-order valence-electron chi connectivity index (χ0n) is 8.47. The van der Waals surface area contributed by atoms with Crippen LogP contribution in [0.15, 0.2) is 24.3 Å². The Hall–Kier alpha value is -0.900. The summed E-state index contributed by atoms with van der Waals surface area (Å²) in [5, 5.41) is 2.74. The number of halogens is 2. The fourth-order valence-electron chi connectivity index (χ4n) is 1.16. The van der Waals surface area contributed by atoms with E-state index in [0.29, 0.717) is 13.0 Å². The van der Waals surface area contributed by atoms with Gasteiger partial charge in [0.1, 0.15) is 5.82 Å². The van der Waals surface area contributed by atoms with Gasteiger partial charge in [0.25, 0.3) is 0 Å². The quantitative estimate of drug-likeness (QED) is 0.838. The van der Waals surface area contributed by atoms with E-state index in [9.17, 15) is 9.18 Å². The third-order valence-electron chi connectivity index (χ3n) is 1.96. The van der Waals surface area contributed by atoms with Crippen LogP contribution in [-0.4, -0.2) is 17.3 Å². The molecule has 1 rings (SSSR count). The van der Waals surface area contributed by atoms with Crippen LogP contribution in [0.4, 0.5) is 4.39 Å². The Kier molecular flexibility index (Phi) is 4.75. The molecule has 0 heterocycles. The molecule has 1 aromatic rings. The average Bonchev–Trinajstić information content (AvgIpc) is 2.17. The first kappa shape index (κ1) is 12.2. The molecule has 2 nitrogen and oxygen atoms in total. The smallest absolute Gasteiger partial charge is 0.233 e. The number of rotatable bonds is 4. The molecule has 1 unspecified atom stereocenters. The standard InChI is InChI=1S/C11H13BrFNO/c1-8(12)11(15)14-6-5-9-3-2-4-10(13)7-9/h2-4,7-8H,5-6H2,1H3,(H,14,15). The second-order valence-corrected chi connectivity index (χ2v) is 4.66. The summed E-state index contributed by atoms with van der Waals surface area (Å²) in [4.78, 5) is 11.0. The minimum absolute atomic E-state index is 0.0496. The van der Waals surface area contributed by atoms with E-state index in [0.717, 1.165) is 5.56 Å². The second-order valence-electron chi connectivity index (χ2n) is 3.29. The molecule has 0 aliphatic heterocycles. The summed E-state index contributed by atoms with van der Waals surface area (Å²) in [6.07, 6.45) is 0.642. The third-order valence-corrected chi connectivity index (χ3v) is 2.38. The number of benzene rings is 1. The molecule has 0 saturated heterocycles. The predicted octanol–water partition coefficient (Wildman–Crippen LogP) is 2.27. The van der Waals surface area contributed by atoms with Crippen molar-refractivity contribution in [1.29, 1.82) is 0 Å². The second kappa shape index (κ2) is 5.85. The van der Waals surface area contributed by atoms with Gasteiger partial charge in [-0.2, -0.15) is 0 Å². The van der Waals surface area contributed by atoms with E-state index in [1.807, 2.05) is 6.07 Å². The van der Waals surface area contributed by atoms with Crippen molar-refractivity contribution in [1.82, 2.24) is 5.32 Å². The number of hydrogen-bond donors (Lipinski definition) is 1. The summed E-state index contributed by atoms with van der Waals surface area (Å²) in [5.41, 5.74) is 0.887. The van der Waals surface area contributed by atoms with Gasteiger partial charge in [0.2, 0.25) is 5.91 Å². The van der Waals surface area contributed by atoms with Gasteiger partial charge in [0.15, 0.2) is 0 Å². The number of nitrogens with one attached hydrogen (secondary N) is 1. The molecule has 1 aromatic carbocycles. The highest BCUT2D eigenvalue weighted by atomic mass is 79.9. The van der Waals surface area contributed by atoms with Crippen LogP contribution in [0.1, 0.15) is 12.5 Å². The van der Waals surface area contributed by atoms with Crippen LogP contribution in [0.3, 0.4) is 0 Å².